The molecule has 4 aromatic rings. The molecule has 0 radical (unpaired) electrons. The van der Waals surface area contributed by atoms with Crippen molar-refractivity contribution in [3.8, 4) is 34.1 Å². The van der Waals surface area contributed by atoms with E-state index in [2.05, 4.69) is 84.6 Å². The molecule has 0 N–H and O–H groups in total. The van der Waals surface area contributed by atoms with Crippen LogP contribution >= 0.6 is 0 Å². The van der Waals surface area contributed by atoms with Gasteiger partial charge in [-0.3, -0.25) is 0 Å². The molecule has 0 aliphatic heterocycles. The zero-order valence-corrected chi connectivity index (χ0v) is 16.3. The Morgan fingerprint density at radius 1 is 0.552 bits per heavy atom. The molecule has 0 aromatic heterocycles. The Hall–Kier alpha value is -3.63. The standard InChI is InChI=1S/C28H21F/c1-2-3-21-4-10-24(11-5-21)25-12-6-22(7-13-25)20-23-8-14-26(15-9-23)27-16-18-28(29)19-17-27/h4-19H,20H2,1H3. The van der Waals surface area contributed by atoms with E-state index in [0.29, 0.717) is 0 Å². The normalized spacial score (nSPS) is 10.3. The molecule has 0 bridgehead atoms. The van der Waals surface area contributed by atoms with Crippen LogP contribution in [0.15, 0.2) is 97.1 Å². The van der Waals surface area contributed by atoms with Crippen LogP contribution in [-0.4, -0.2) is 0 Å². The van der Waals surface area contributed by atoms with Crippen LogP contribution in [0.3, 0.4) is 0 Å². The molecular formula is C28H21F. The van der Waals surface area contributed by atoms with Gasteiger partial charge in [0.1, 0.15) is 5.82 Å². The van der Waals surface area contributed by atoms with Gasteiger partial charge in [0.25, 0.3) is 0 Å². The van der Waals surface area contributed by atoms with Crippen LogP contribution in [0.25, 0.3) is 22.3 Å². The van der Waals surface area contributed by atoms with Crippen molar-refractivity contribution >= 4 is 0 Å². The zero-order valence-electron chi connectivity index (χ0n) is 16.3. The van der Waals surface area contributed by atoms with Crippen molar-refractivity contribution in [1.29, 1.82) is 0 Å². The predicted molar refractivity (Wildman–Crippen MR) is 119 cm³/mol. The quantitative estimate of drug-likeness (QED) is 0.333. The second kappa shape index (κ2) is 8.59. The Labute approximate surface area is 171 Å². The van der Waals surface area contributed by atoms with E-state index in [0.717, 1.165) is 23.1 Å². The summed E-state index contributed by atoms with van der Waals surface area (Å²) in [4.78, 5) is 0. The molecule has 0 aliphatic rings. The van der Waals surface area contributed by atoms with Gasteiger partial charge in [0.15, 0.2) is 0 Å². The van der Waals surface area contributed by atoms with Crippen LogP contribution < -0.4 is 0 Å². The summed E-state index contributed by atoms with van der Waals surface area (Å²) < 4.78 is 13.1. The summed E-state index contributed by atoms with van der Waals surface area (Å²) in [7, 11) is 0. The maximum absolute atomic E-state index is 13.1. The molecule has 0 heterocycles. The van der Waals surface area contributed by atoms with Gasteiger partial charge in [0.2, 0.25) is 0 Å². The van der Waals surface area contributed by atoms with Gasteiger partial charge in [-0.1, -0.05) is 78.7 Å². The molecule has 29 heavy (non-hydrogen) atoms. The molecule has 0 unspecified atom stereocenters. The summed E-state index contributed by atoms with van der Waals surface area (Å²) in [6, 6.07) is 32.1. The van der Waals surface area contributed by atoms with Gasteiger partial charge in [0, 0.05) is 5.56 Å². The maximum atomic E-state index is 13.1. The molecule has 4 rings (SSSR count). The first-order valence-electron chi connectivity index (χ1n) is 9.68. The van der Waals surface area contributed by atoms with E-state index in [-0.39, 0.29) is 5.82 Å². The molecule has 0 saturated heterocycles. The fourth-order valence-corrected chi connectivity index (χ4v) is 3.40. The SMILES string of the molecule is CC#Cc1ccc(-c2ccc(Cc3ccc(-c4ccc(F)cc4)cc3)cc2)cc1. The topological polar surface area (TPSA) is 0 Å². The van der Waals surface area contributed by atoms with E-state index in [1.165, 1.54) is 34.4 Å². The highest BCUT2D eigenvalue weighted by Gasteiger charge is 2.02. The van der Waals surface area contributed by atoms with Crippen LogP contribution in [0.5, 0.6) is 0 Å². The van der Waals surface area contributed by atoms with Crippen LogP contribution in [0.4, 0.5) is 4.39 Å². The highest BCUT2D eigenvalue weighted by Crippen LogP contribution is 2.23. The highest BCUT2D eigenvalue weighted by molar-refractivity contribution is 5.65. The van der Waals surface area contributed by atoms with E-state index >= 15 is 0 Å². The van der Waals surface area contributed by atoms with Crippen molar-refractivity contribution in [3.63, 3.8) is 0 Å². The average Bonchev–Trinajstić information content (AvgIpc) is 2.76. The number of halogens is 1. The van der Waals surface area contributed by atoms with Crippen molar-refractivity contribution in [2.45, 2.75) is 13.3 Å². The number of benzene rings is 4. The Morgan fingerprint density at radius 3 is 1.34 bits per heavy atom. The van der Waals surface area contributed by atoms with Gasteiger partial charge < -0.3 is 0 Å². The first kappa shape index (κ1) is 18.7. The summed E-state index contributed by atoms with van der Waals surface area (Å²) in [5.74, 6) is 5.79. The molecule has 0 spiro atoms. The Kier molecular flexibility index (Phi) is 5.54. The fourth-order valence-electron chi connectivity index (χ4n) is 3.40. The van der Waals surface area contributed by atoms with Gasteiger partial charge in [-0.2, -0.15) is 0 Å². The highest BCUT2D eigenvalue weighted by atomic mass is 19.1. The van der Waals surface area contributed by atoms with Crippen LogP contribution in [-0.2, 0) is 6.42 Å². The lowest BCUT2D eigenvalue weighted by Crippen LogP contribution is -1.89. The van der Waals surface area contributed by atoms with Gasteiger partial charge in [-0.25, -0.2) is 4.39 Å². The van der Waals surface area contributed by atoms with Crippen molar-refractivity contribution in [1.82, 2.24) is 0 Å². The predicted octanol–water partition coefficient (Wildman–Crippen LogP) is 7.12. The molecule has 0 fully saturated rings. The second-order valence-electron chi connectivity index (χ2n) is 7.03. The van der Waals surface area contributed by atoms with E-state index in [4.69, 9.17) is 0 Å². The Balaban J connectivity index is 1.45. The largest absolute Gasteiger partial charge is 0.207 e. The van der Waals surface area contributed by atoms with Crippen molar-refractivity contribution in [2.24, 2.45) is 0 Å². The van der Waals surface area contributed by atoms with Crippen LogP contribution in [0.2, 0.25) is 0 Å². The summed E-state index contributed by atoms with van der Waals surface area (Å²) in [5.41, 5.74) is 8.09. The van der Waals surface area contributed by atoms with Gasteiger partial charge in [-0.15, -0.1) is 5.92 Å². The molecule has 0 saturated carbocycles. The van der Waals surface area contributed by atoms with Gasteiger partial charge >= 0.3 is 0 Å². The Morgan fingerprint density at radius 2 is 0.931 bits per heavy atom. The maximum Gasteiger partial charge on any atom is 0.123 e. The first-order chi connectivity index (χ1) is 14.2. The summed E-state index contributed by atoms with van der Waals surface area (Å²) in [6.45, 7) is 1.85. The second-order valence-corrected chi connectivity index (χ2v) is 7.03. The number of rotatable bonds is 4. The van der Waals surface area contributed by atoms with E-state index in [1.807, 2.05) is 19.1 Å². The molecule has 0 amide bonds. The minimum Gasteiger partial charge on any atom is -0.207 e. The third-order valence-corrected chi connectivity index (χ3v) is 4.98. The zero-order chi connectivity index (χ0) is 20.1. The third kappa shape index (κ3) is 4.62. The lowest BCUT2D eigenvalue weighted by molar-refractivity contribution is 0.628. The summed E-state index contributed by atoms with van der Waals surface area (Å²) in [5, 5.41) is 0. The van der Waals surface area contributed by atoms with Crippen LogP contribution in [0, 0.1) is 17.7 Å². The molecule has 0 nitrogen and oxygen atoms in total. The van der Waals surface area contributed by atoms with Crippen LogP contribution in [0.1, 0.15) is 23.6 Å². The smallest absolute Gasteiger partial charge is 0.123 e. The van der Waals surface area contributed by atoms with Crippen molar-refractivity contribution in [3.05, 3.63) is 120 Å². The van der Waals surface area contributed by atoms with E-state index in [9.17, 15) is 4.39 Å². The van der Waals surface area contributed by atoms with Gasteiger partial charge in [-0.05, 0) is 71.0 Å². The lowest BCUT2D eigenvalue weighted by Gasteiger charge is -2.07. The minimum absolute atomic E-state index is 0.209. The number of hydrogen-bond acceptors (Lipinski definition) is 0. The molecule has 140 valence electrons. The monoisotopic (exact) mass is 376 g/mol. The molecular weight excluding hydrogens is 355 g/mol. The summed E-state index contributed by atoms with van der Waals surface area (Å²) >= 11 is 0. The molecule has 0 aliphatic carbocycles. The van der Waals surface area contributed by atoms with E-state index < -0.39 is 0 Å². The molecule has 4 aromatic carbocycles. The van der Waals surface area contributed by atoms with E-state index in [1.54, 1.807) is 0 Å². The Bertz CT molecular complexity index is 1140. The minimum atomic E-state index is -0.209. The molecule has 0 atom stereocenters. The summed E-state index contributed by atoms with van der Waals surface area (Å²) in [6.07, 6.45) is 0.884. The molecule has 1 heteroatoms. The number of hydrogen-bond donors (Lipinski definition) is 0. The third-order valence-electron chi connectivity index (χ3n) is 4.98. The first-order valence-corrected chi connectivity index (χ1v) is 9.68. The van der Waals surface area contributed by atoms with Gasteiger partial charge in [0.05, 0.1) is 0 Å². The fraction of sp³-hybridized carbons (Fsp3) is 0.0714. The lowest BCUT2D eigenvalue weighted by atomic mass is 9.98. The van der Waals surface area contributed by atoms with Crippen molar-refractivity contribution < 1.29 is 4.39 Å². The average molecular weight is 376 g/mol. The van der Waals surface area contributed by atoms with Crippen molar-refractivity contribution in [2.75, 3.05) is 0 Å².